The molecular formula is C19H22ClFN2O3S. The normalized spacial score (nSPS) is 16.4. The summed E-state index contributed by atoms with van der Waals surface area (Å²) in [5.41, 5.74) is 0.907. The molecule has 0 bridgehead atoms. The number of ether oxygens (including phenoxy) is 1. The molecule has 27 heavy (non-hydrogen) atoms. The van der Waals surface area contributed by atoms with Crippen molar-refractivity contribution in [2.24, 2.45) is 0 Å². The average molecular weight is 413 g/mol. The maximum atomic E-state index is 13.3. The Labute approximate surface area is 164 Å². The first-order valence-corrected chi connectivity index (χ1v) is 10.6. The number of halogens is 2. The van der Waals surface area contributed by atoms with Crippen LogP contribution in [0.25, 0.3) is 0 Å². The Morgan fingerprint density at radius 3 is 2.33 bits per heavy atom. The SMILES string of the molecule is CCOc1ccc(S(=O)(=O)N2CCN(Cc3ccc(F)c(Cl)c3)CC2)cc1. The molecule has 0 aliphatic carbocycles. The highest BCUT2D eigenvalue weighted by Gasteiger charge is 2.28. The van der Waals surface area contributed by atoms with E-state index in [-0.39, 0.29) is 9.92 Å². The van der Waals surface area contributed by atoms with E-state index in [9.17, 15) is 12.8 Å². The van der Waals surface area contributed by atoms with E-state index in [1.54, 1.807) is 36.4 Å². The zero-order valence-electron chi connectivity index (χ0n) is 15.1. The highest BCUT2D eigenvalue weighted by Crippen LogP contribution is 2.22. The first-order valence-electron chi connectivity index (χ1n) is 8.79. The van der Waals surface area contributed by atoms with Gasteiger partial charge in [0.25, 0.3) is 0 Å². The van der Waals surface area contributed by atoms with Crippen LogP contribution in [-0.2, 0) is 16.6 Å². The van der Waals surface area contributed by atoms with Gasteiger partial charge in [-0.2, -0.15) is 4.31 Å². The van der Waals surface area contributed by atoms with Crippen LogP contribution in [0.5, 0.6) is 5.75 Å². The molecule has 146 valence electrons. The van der Waals surface area contributed by atoms with E-state index >= 15 is 0 Å². The minimum absolute atomic E-state index is 0.101. The van der Waals surface area contributed by atoms with Crippen LogP contribution in [0.15, 0.2) is 47.4 Å². The Bertz CT molecular complexity index is 882. The largest absolute Gasteiger partial charge is 0.494 e. The lowest BCUT2D eigenvalue weighted by molar-refractivity contribution is 0.181. The predicted molar refractivity (Wildman–Crippen MR) is 103 cm³/mol. The Kier molecular flexibility index (Phi) is 6.37. The molecular weight excluding hydrogens is 391 g/mol. The van der Waals surface area contributed by atoms with E-state index in [4.69, 9.17) is 16.3 Å². The summed E-state index contributed by atoms with van der Waals surface area (Å²) in [4.78, 5) is 2.40. The Morgan fingerprint density at radius 1 is 1.07 bits per heavy atom. The summed E-state index contributed by atoms with van der Waals surface area (Å²) in [5.74, 6) is 0.214. The van der Waals surface area contributed by atoms with Gasteiger partial charge >= 0.3 is 0 Å². The average Bonchev–Trinajstić information content (AvgIpc) is 2.66. The van der Waals surface area contributed by atoms with Crippen molar-refractivity contribution in [2.45, 2.75) is 18.4 Å². The number of sulfonamides is 1. The molecule has 0 amide bonds. The minimum Gasteiger partial charge on any atom is -0.494 e. The number of hydrogen-bond acceptors (Lipinski definition) is 4. The number of rotatable bonds is 6. The van der Waals surface area contributed by atoms with Gasteiger partial charge in [0.1, 0.15) is 11.6 Å². The molecule has 0 unspecified atom stereocenters. The lowest BCUT2D eigenvalue weighted by Gasteiger charge is -2.34. The molecule has 1 heterocycles. The first kappa shape index (κ1) is 20.1. The van der Waals surface area contributed by atoms with Gasteiger partial charge < -0.3 is 4.74 Å². The summed E-state index contributed by atoms with van der Waals surface area (Å²) in [6, 6.07) is 11.2. The number of benzene rings is 2. The fraction of sp³-hybridized carbons (Fsp3) is 0.368. The van der Waals surface area contributed by atoms with Gasteiger partial charge in [-0.1, -0.05) is 17.7 Å². The highest BCUT2D eigenvalue weighted by atomic mass is 35.5. The molecule has 0 aromatic heterocycles. The summed E-state index contributed by atoms with van der Waals surface area (Å²) in [5, 5.41) is 0.101. The van der Waals surface area contributed by atoms with Crippen molar-refractivity contribution < 1.29 is 17.5 Å². The molecule has 8 heteroatoms. The maximum Gasteiger partial charge on any atom is 0.243 e. The van der Waals surface area contributed by atoms with E-state index in [1.165, 1.54) is 10.4 Å². The van der Waals surface area contributed by atoms with E-state index < -0.39 is 15.8 Å². The van der Waals surface area contributed by atoms with Crippen LogP contribution in [0.2, 0.25) is 5.02 Å². The Hall–Kier alpha value is -1.67. The van der Waals surface area contributed by atoms with Gasteiger partial charge in [0, 0.05) is 32.7 Å². The highest BCUT2D eigenvalue weighted by molar-refractivity contribution is 7.89. The third-order valence-corrected chi connectivity index (χ3v) is 6.70. The summed E-state index contributed by atoms with van der Waals surface area (Å²) in [7, 11) is -3.52. The van der Waals surface area contributed by atoms with Crippen LogP contribution in [0.3, 0.4) is 0 Å². The molecule has 2 aromatic carbocycles. The molecule has 2 aromatic rings. The zero-order chi connectivity index (χ0) is 19.4. The molecule has 0 saturated carbocycles. The van der Waals surface area contributed by atoms with Crippen molar-refractivity contribution in [3.8, 4) is 5.75 Å². The van der Waals surface area contributed by atoms with Crippen molar-refractivity contribution in [3.05, 3.63) is 58.9 Å². The monoisotopic (exact) mass is 412 g/mol. The Morgan fingerprint density at radius 2 is 1.74 bits per heavy atom. The summed E-state index contributed by atoms with van der Waals surface area (Å²) >= 11 is 5.82. The lowest BCUT2D eigenvalue weighted by atomic mass is 10.2. The van der Waals surface area contributed by atoms with Crippen LogP contribution < -0.4 is 4.74 Å². The first-order chi connectivity index (χ1) is 12.9. The van der Waals surface area contributed by atoms with E-state index in [2.05, 4.69) is 4.90 Å². The fourth-order valence-corrected chi connectivity index (χ4v) is 4.67. The second-order valence-electron chi connectivity index (χ2n) is 6.33. The van der Waals surface area contributed by atoms with Crippen molar-refractivity contribution in [1.82, 2.24) is 9.21 Å². The third kappa shape index (κ3) is 4.79. The summed E-state index contributed by atoms with van der Waals surface area (Å²) in [6.45, 7) is 5.04. The van der Waals surface area contributed by atoms with Gasteiger partial charge in [-0.05, 0) is 48.9 Å². The second kappa shape index (κ2) is 8.56. The third-order valence-electron chi connectivity index (χ3n) is 4.49. The Balaban J connectivity index is 1.61. The summed E-state index contributed by atoms with van der Waals surface area (Å²) < 4.78 is 45.7. The molecule has 5 nitrogen and oxygen atoms in total. The van der Waals surface area contributed by atoms with Crippen LogP contribution in [0, 0.1) is 5.82 Å². The number of piperazine rings is 1. The van der Waals surface area contributed by atoms with E-state index in [0.717, 1.165) is 5.56 Å². The zero-order valence-corrected chi connectivity index (χ0v) is 16.6. The molecule has 1 saturated heterocycles. The van der Waals surface area contributed by atoms with Gasteiger partial charge in [-0.25, -0.2) is 12.8 Å². The molecule has 3 rings (SSSR count). The van der Waals surface area contributed by atoms with E-state index in [0.29, 0.717) is 45.1 Å². The standard InChI is InChI=1S/C19H22ClFN2O3S/c1-2-26-16-4-6-17(7-5-16)27(24,25)23-11-9-22(10-12-23)14-15-3-8-19(21)18(20)13-15/h3-8,13H,2,9-12,14H2,1H3. The van der Waals surface area contributed by atoms with Gasteiger partial charge in [-0.3, -0.25) is 4.90 Å². The maximum absolute atomic E-state index is 13.3. The molecule has 1 aliphatic heterocycles. The van der Waals surface area contributed by atoms with Crippen LogP contribution in [0.1, 0.15) is 12.5 Å². The fourth-order valence-electron chi connectivity index (χ4n) is 3.05. The second-order valence-corrected chi connectivity index (χ2v) is 8.68. The molecule has 0 atom stereocenters. The van der Waals surface area contributed by atoms with Gasteiger partial charge in [0.2, 0.25) is 10.0 Å². The quantitative estimate of drug-likeness (QED) is 0.729. The smallest absolute Gasteiger partial charge is 0.243 e. The van der Waals surface area contributed by atoms with Gasteiger partial charge in [0.15, 0.2) is 0 Å². The van der Waals surface area contributed by atoms with Crippen molar-refractivity contribution >= 4 is 21.6 Å². The topological polar surface area (TPSA) is 49.9 Å². The van der Waals surface area contributed by atoms with Crippen LogP contribution in [-0.4, -0.2) is 50.4 Å². The molecule has 0 N–H and O–H groups in total. The van der Waals surface area contributed by atoms with E-state index in [1.807, 2.05) is 6.92 Å². The molecule has 1 fully saturated rings. The molecule has 1 aliphatic rings. The number of nitrogens with zero attached hydrogens (tertiary/aromatic N) is 2. The molecule has 0 spiro atoms. The number of hydrogen-bond donors (Lipinski definition) is 0. The lowest BCUT2D eigenvalue weighted by Crippen LogP contribution is -2.48. The molecule has 0 radical (unpaired) electrons. The van der Waals surface area contributed by atoms with Crippen molar-refractivity contribution in [3.63, 3.8) is 0 Å². The van der Waals surface area contributed by atoms with Gasteiger partial charge in [-0.15, -0.1) is 0 Å². The van der Waals surface area contributed by atoms with Crippen molar-refractivity contribution in [2.75, 3.05) is 32.8 Å². The van der Waals surface area contributed by atoms with Gasteiger partial charge in [0.05, 0.1) is 16.5 Å². The van der Waals surface area contributed by atoms with Crippen LogP contribution >= 0.6 is 11.6 Å². The predicted octanol–water partition coefficient (Wildman–Crippen LogP) is 3.38. The van der Waals surface area contributed by atoms with Crippen molar-refractivity contribution in [1.29, 1.82) is 0 Å². The summed E-state index contributed by atoms with van der Waals surface area (Å²) in [6.07, 6.45) is 0. The minimum atomic E-state index is -3.52. The van der Waals surface area contributed by atoms with Crippen LogP contribution in [0.4, 0.5) is 4.39 Å².